The van der Waals surface area contributed by atoms with Crippen LogP contribution in [0.2, 0.25) is 0 Å². The zero-order valence-electron chi connectivity index (χ0n) is 15.9. The van der Waals surface area contributed by atoms with Gasteiger partial charge in [0.15, 0.2) is 11.5 Å². The number of hydrogen-bond donors (Lipinski definition) is 4. The molecule has 2 aliphatic rings. The lowest BCUT2D eigenvalue weighted by atomic mass is 9.81. The van der Waals surface area contributed by atoms with Gasteiger partial charge in [-0.25, -0.2) is 9.59 Å². The van der Waals surface area contributed by atoms with E-state index < -0.39 is 11.9 Å². The first-order chi connectivity index (χ1) is 13.4. The Labute approximate surface area is 163 Å². The fourth-order valence-electron chi connectivity index (χ4n) is 3.79. The molecule has 0 bridgehead atoms. The number of carboxylic acid groups (broad SMARTS) is 2. The number of carboxylic acids is 2. The normalized spacial score (nSPS) is 21.1. The highest BCUT2D eigenvalue weighted by atomic mass is 16.5. The monoisotopic (exact) mass is 393 g/mol. The highest BCUT2D eigenvalue weighted by molar-refractivity contribution is 5.89. The fourth-order valence-corrected chi connectivity index (χ4v) is 3.79. The number of aliphatic hydroxyl groups excluding tert-OH is 1. The summed E-state index contributed by atoms with van der Waals surface area (Å²) in [5.41, 5.74) is 1.65. The molecule has 1 aromatic carbocycles. The van der Waals surface area contributed by atoms with E-state index in [-0.39, 0.29) is 12.4 Å². The summed E-state index contributed by atoms with van der Waals surface area (Å²) in [6, 6.07) is 4.27. The Balaban J connectivity index is 0.000000300. The highest BCUT2D eigenvalue weighted by Crippen LogP contribution is 2.46. The van der Waals surface area contributed by atoms with Gasteiger partial charge in [0, 0.05) is 29.2 Å². The number of rotatable bonds is 5. The van der Waals surface area contributed by atoms with Gasteiger partial charge in [0.05, 0.1) is 12.6 Å². The van der Waals surface area contributed by atoms with Crippen molar-refractivity contribution in [1.29, 1.82) is 0 Å². The summed E-state index contributed by atoms with van der Waals surface area (Å²) in [7, 11) is 0. The molecule has 1 saturated heterocycles. The maximum atomic E-state index is 10.2. The zero-order valence-corrected chi connectivity index (χ0v) is 15.9. The van der Waals surface area contributed by atoms with Crippen LogP contribution >= 0.6 is 0 Å². The number of benzene rings is 1. The van der Waals surface area contributed by atoms with Gasteiger partial charge in [-0.15, -0.1) is 0 Å². The molecule has 2 aliphatic heterocycles. The van der Waals surface area contributed by atoms with E-state index in [1.807, 2.05) is 12.1 Å². The molecule has 4 N–H and O–H groups in total. The van der Waals surface area contributed by atoms with Crippen molar-refractivity contribution in [2.75, 3.05) is 19.7 Å². The first-order valence-corrected chi connectivity index (χ1v) is 9.35. The molecule has 154 valence electrons. The number of nitrogens with zero attached hydrogens (tertiary/aromatic N) is 1. The van der Waals surface area contributed by atoms with Gasteiger partial charge in [-0.05, 0) is 32.4 Å². The quantitative estimate of drug-likeness (QED) is 0.559. The van der Waals surface area contributed by atoms with E-state index in [0.717, 1.165) is 31.5 Å². The van der Waals surface area contributed by atoms with Crippen LogP contribution in [0.4, 0.5) is 0 Å². The van der Waals surface area contributed by atoms with E-state index in [1.54, 1.807) is 0 Å². The minimum atomic E-state index is -1.26. The fraction of sp³-hybridized carbons (Fsp3) is 0.500. The maximum Gasteiger partial charge on any atom is 0.328 e. The molecule has 1 aromatic rings. The lowest BCUT2D eigenvalue weighted by Crippen LogP contribution is -2.49. The molecule has 0 aromatic heterocycles. The summed E-state index contributed by atoms with van der Waals surface area (Å²) in [5.74, 6) is -1.36. The van der Waals surface area contributed by atoms with Crippen molar-refractivity contribution < 1.29 is 34.8 Å². The molecule has 2 heterocycles. The standard InChI is InChI=1S/C16H23NO3.C4H4O4/c1-2-7-17-8-3-4-12-13-6-5-11(9-18)15(19)16(13)20-10-14(12)17;5-3(6)1-2-4(7)8/h5-6,12,14,18-19H,2-4,7-10H2,1H3;1-2H,(H,5,6)(H,7,8)/t12-,14-;/m0./s1. The Bertz CT molecular complexity index is 714. The molecule has 0 radical (unpaired) electrons. The van der Waals surface area contributed by atoms with Crippen LogP contribution in [0.15, 0.2) is 24.3 Å². The molecule has 0 aliphatic carbocycles. The van der Waals surface area contributed by atoms with Gasteiger partial charge in [-0.2, -0.15) is 0 Å². The number of aromatic hydroxyl groups is 1. The lowest BCUT2D eigenvalue weighted by molar-refractivity contribution is -0.134. The maximum absolute atomic E-state index is 10.2. The van der Waals surface area contributed by atoms with E-state index in [9.17, 15) is 19.8 Å². The summed E-state index contributed by atoms with van der Waals surface area (Å²) >= 11 is 0. The molecular formula is C20H27NO7. The van der Waals surface area contributed by atoms with Gasteiger partial charge in [0.25, 0.3) is 0 Å². The molecule has 8 heteroatoms. The van der Waals surface area contributed by atoms with E-state index in [0.29, 0.717) is 42.0 Å². The molecule has 28 heavy (non-hydrogen) atoms. The number of fused-ring (bicyclic) bond motifs is 3. The predicted molar refractivity (Wildman–Crippen MR) is 102 cm³/mol. The summed E-state index contributed by atoms with van der Waals surface area (Å²) in [6.07, 6.45) is 4.62. The van der Waals surface area contributed by atoms with Crippen LogP contribution in [0.5, 0.6) is 11.5 Å². The van der Waals surface area contributed by atoms with Gasteiger partial charge >= 0.3 is 11.9 Å². The van der Waals surface area contributed by atoms with Crippen molar-refractivity contribution >= 4 is 11.9 Å². The van der Waals surface area contributed by atoms with Crippen molar-refractivity contribution in [3.63, 3.8) is 0 Å². The largest absolute Gasteiger partial charge is 0.504 e. The van der Waals surface area contributed by atoms with Crippen LogP contribution in [0.3, 0.4) is 0 Å². The van der Waals surface area contributed by atoms with Crippen molar-refractivity contribution in [3.05, 3.63) is 35.4 Å². The third-order valence-electron chi connectivity index (χ3n) is 4.99. The van der Waals surface area contributed by atoms with E-state index >= 15 is 0 Å². The van der Waals surface area contributed by atoms with Gasteiger partial charge in [-0.1, -0.05) is 19.1 Å². The molecule has 0 amide bonds. The van der Waals surface area contributed by atoms with Gasteiger partial charge in [0.1, 0.15) is 6.61 Å². The van der Waals surface area contributed by atoms with Crippen LogP contribution in [-0.4, -0.2) is 63.0 Å². The molecule has 1 fully saturated rings. The topological polar surface area (TPSA) is 128 Å². The van der Waals surface area contributed by atoms with Gasteiger partial charge in [-0.3, -0.25) is 4.90 Å². The Hall–Kier alpha value is -2.58. The van der Waals surface area contributed by atoms with Crippen molar-refractivity contribution in [2.45, 2.75) is 44.8 Å². The third-order valence-corrected chi connectivity index (χ3v) is 4.99. The number of ether oxygens (including phenoxy) is 1. The van der Waals surface area contributed by atoms with Crippen LogP contribution in [0, 0.1) is 0 Å². The van der Waals surface area contributed by atoms with E-state index in [2.05, 4.69) is 11.8 Å². The second kappa shape index (κ2) is 10.1. The minimum Gasteiger partial charge on any atom is -0.504 e. The van der Waals surface area contributed by atoms with Crippen molar-refractivity contribution in [2.24, 2.45) is 0 Å². The lowest BCUT2D eigenvalue weighted by Gasteiger charge is -2.44. The molecule has 2 atom stereocenters. The summed E-state index contributed by atoms with van der Waals surface area (Å²) in [6.45, 7) is 4.95. The van der Waals surface area contributed by atoms with E-state index in [4.69, 9.17) is 14.9 Å². The molecule has 8 nitrogen and oxygen atoms in total. The highest BCUT2D eigenvalue weighted by Gasteiger charge is 2.38. The zero-order chi connectivity index (χ0) is 20.7. The second-order valence-corrected chi connectivity index (χ2v) is 6.82. The van der Waals surface area contributed by atoms with Gasteiger partial charge in [0.2, 0.25) is 0 Å². The first-order valence-electron chi connectivity index (χ1n) is 9.35. The SMILES string of the molecule is CCCN1CCC[C@H]2c3ccc(CO)c(O)c3OC[C@@H]21.O=C(O)C=CC(=O)O. The van der Waals surface area contributed by atoms with Gasteiger partial charge < -0.3 is 25.2 Å². The number of carbonyl (C=O) groups is 2. The number of aliphatic hydroxyl groups is 1. The third kappa shape index (κ3) is 5.24. The van der Waals surface area contributed by atoms with Crippen molar-refractivity contribution in [3.8, 4) is 11.5 Å². The summed E-state index contributed by atoms with van der Waals surface area (Å²) in [4.78, 5) is 21.6. The Morgan fingerprint density at radius 2 is 1.93 bits per heavy atom. The van der Waals surface area contributed by atoms with Crippen LogP contribution in [0.1, 0.15) is 43.2 Å². The van der Waals surface area contributed by atoms with Crippen LogP contribution < -0.4 is 4.74 Å². The minimum absolute atomic E-state index is 0.121. The average molecular weight is 393 g/mol. The molecule has 0 saturated carbocycles. The molecule has 0 unspecified atom stereocenters. The molecule has 3 rings (SSSR count). The Morgan fingerprint density at radius 3 is 2.50 bits per heavy atom. The Kier molecular flexibility index (Phi) is 7.83. The average Bonchev–Trinajstić information content (AvgIpc) is 2.67. The molecule has 0 spiro atoms. The number of aliphatic carboxylic acids is 2. The number of piperidine rings is 1. The molecular weight excluding hydrogens is 366 g/mol. The predicted octanol–water partition coefficient (Wildman–Crippen LogP) is 1.95. The summed E-state index contributed by atoms with van der Waals surface area (Å²) < 4.78 is 5.84. The first kappa shape index (κ1) is 21.7. The second-order valence-electron chi connectivity index (χ2n) is 6.82. The summed E-state index contributed by atoms with van der Waals surface area (Å²) in [5, 5.41) is 35.1. The number of hydrogen-bond acceptors (Lipinski definition) is 6. The Morgan fingerprint density at radius 1 is 1.25 bits per heavy atom. The smallest absolute Gasteiger partial charge is 0.328 e. The van der Waals surface area contributed by atoms with Crippen LogP contribution in [0.25, 0.3) is 0 Å². The van der Waals surface area contributed by atoms with Crippen LogP contribution in [-0.2, 0) is 16.2 Å². The van der Waals surface area contributed by atoms with Crippen molar-refractivity contribution in [1.82, 2.24) is 4.90 Å². The number of likely N-dealkylation sites (tertiary alicyclic amines) is 1. The van der Waals surface area contributed by atoms with E-state index in [1.165, 1.54) is 6.42 Å². The number of phenols is 1.